The predicted octanol–water partition coefficient (Wildman–Crippen LogP) is 2.77. The van der Waals surface area contributed by atoms with E-state index in [1.807, 2.05) is 34.6 Å². The fraction of sp³-hybridized carbons (Fsp3) is 0.839. The third kappa shape index (κ3) is 26.1. The molecule has 0 aromatic rings. The highest BCUT2D eigenvalue weighted by molar-refractivity contribution is 6.00. The fourth-order valence-corrected chi connectivity index (χ4v) is 9.54. The van der Waals surface area contributed by atoms with Crippen LogP contribution in [0.1, 0.15) is 199 Å². The molecule has 1 aliphatic heterocycles. The number of amides is 9. The van der Waals surface area contributed by atoms with Crippen LogP contribution in [0.15, 0.2) is 0 Å². The third-order valence-corrected chi connectivity index (χ3v) is 14.2. The summed E-state index contributed by atoms with van der Waals surface area (Å²) in [4.78, 5) is 124. The van der Waals surface area contributed by atoms with Gasteiger partial charge in [-0.1, -0.05) is 105 Å². The van der Waals surface area contributed by atoms with Crippen molar-refractivity contribution in [1.82, 2.24) is 58.5 Å². The molecule has 21 nitrogen and oxygen atoms in total. The van der Waals surface area contributed by atoms with Crippen LogP contribution in [-0.2, 0) is 43.2 Å². The molecular formula is C56H103N11O10. The van der Waals surface area contributed by atoms with Gasteiger partial charge in [-0.2, -0.15) is 0 Å². The van der Waals surface area contributed by atoms with Crippen molar-refractivity contribution >= 4 is 53.2 Å². The molecule has 0 bridgehead atoms. The molecule has 1 saturated carbocycles. The Labute approximate surface area is 460 Å². The highest BCUT2D eigenvalue weighted by Gasteiger charge is 2.41. The number of carbonyl (C=O) groups is 9. The number of carbonyl (C=O) groups excluding carboxylic acids is 9. The number of aliphatic hydroxyl groups is 1. The van der Waals surface area contributed by atoms with E-state index in [9.17, 15) is 43.2 Å². The van der Waals surface area contributed by atoms with Gasteiger partial charge in [0.25, 0.3) is 0 Å². The summed E-state index contributed by atoms with van der Waals surface area (Å²) in [6.45, 7) is 22.1. The average molecular weight is 1090 g/mol. The lowest BCUT2D eigenvalue weighted by Crippen LogP contribution is -2.66. The summed E-state index contributed by atoms with van der Waals surface area (Å²) in [5.74, 6) is -4.62. The lowest BCUT2D eigenvalue weighted by atomic mass is 9.84. The van der Waals surface area contributed by atoms with E-state index in [4.69, 9.17) is 5.11 Å². The highest BCUT2D eigenvalue weighted by atomic mass is 16.3. The number of hydrogen-bond donors (Lipinski definition) is 12. The Morgan fingerprint density at radius 3 is 1.68 bits per heavy atom. The first-order valence-electron chi connectivity index (χ1n) is 28.9. The smallest absolute Gasteiger partial charge is 0.246 e. The number of hydrogen-bond acceptors (Lipinski definition) is 12. The maximum absolute atomic E-state index is 14.4. The molecule has 9 amide bonds. The van der Waals surface area contributed by atoms with Gasteiger partial charge in [-0.3, -0.25) is 43.2 Å². The summed E-state index contributed by atoms with van der Waals surface area (Å²) in [5.41, 5.74) is -4.68. The average Bonchev–Trinajstić information content (AvgIpc) is 3.89. The molecule has 12 N–H and O–H groups in total. The van der Waals surface area contributed by atoms with E-state index in [2.05, 4.69) is 65.4 Å². The van der Waals surface area contributed by atoms with E-state index in [0.29, 0.717) is 32.4 Å². The van der Waals surface area contributed by atoms with Gasteiger partial charge in [0.1, 0.15) is 40.8 Å². The zero-order chi connectivity index (χ0) is 57.9. The van der Waals surface area contributed by atoms with Crippen LogP contribution in [-0.4, -0.2) is 144 Å². The van der Waals surface area contributed by atoms with Gasteiger partial charge in [-0.25, -0.2) is 0 Å². The topological polar surface area (TPSA) is 306 Å². The van der Waals surface area contributed by atoms with Crippen molar-refractivity contribution in [1.29, 1.82) is 0 Å². The fourth-order valence-electron chi connectivity index (χ4n) is 9.54. The van der Waals surface area contributed by atoms with Crippen molar-refractivity contribution in [2.45, 2.75) is 252 Å². The Bertz CT molecular complexity index is 1900. The second-order valence-corrected chi connectivity index (χ2v) is 24.1. The second-order valence-electron chi connectivity index (χ2n) is 24.1. The number of unbranched alkanes of at least 4 members (excludes halogenated alkanes) is 5. The Morgan fingerprint density at radius 2 is 1.10 bits per heavy atom. The van der Waals surface area contributed by atoms with Crippen LogP contribution in [0.2, 0.25) is 0 Å². The minimum absolute atomic E-state index is 0.00319. The second kappa shape index (κ2) is 34.2. The lowest BCUT2D eigenvalue weighted by Gasteiger charge is -2.34. The maximum Gasteiger partial charge on any atom is 0.246 e. The van der Waals surface area contributed by atoms with Crippen LogP contribution in [0.25, 0.3) is 0 Å². The van der Waals surface area contributed by atoms with Crippen LogP contribution in [0, 0.1) is 17.8 Å². The van der Waals surface area contributed by atoms with Crippen molar-refractivity contribution in [3.63, 3.8) is 0 Å². The van der Waals surface area contributed by atoms with Gasteiger partial charge in [0.05, 0.1) is 12.6 Å². The Balaban J connectivity index is 2.22. The molecule has 21 heteroatoms. The highest BCUT2D eigenvalue weighted by Crippen LogP contribution is 2.28. The van der Waals surface area contributed by atoms with Crippen molar-refractivity contribution < 1.29 is 48.3 Å². The third-order valence-electron chi connectivity index (χ3n) is 14.2. The molecule has 1 saturated heterocycles. The summed E-state index contributed by atoms with van der Waals surface area (Å²) >= 11 is 0. The SMILES string of the molecule is CCCCCCCC[C@H](NC(=O)C(C)(C)NC(=O)C(C)(C)NC(=O)[C@H](CC1CCCCC1)NC(=O)[C@@H]1CCCN1)C(=O)N[C@@H](CC(C)C)C(=O)NC(C)(C)C(=O)N[C@@H](CC(C)C)C(=O)NCCC(=O)N[C@@H](C)CNCCO. The molecule has 0 aromatic heterocycles. The van der Waals surface area contributed by atoms with E-state index in [0.717, 1.165) is 77.2 Å². The van der Waals surface area contributed by atoms with Gasteiger partial charge in [0.15, 0.2) is 0 Å². The van der Waals surface area contributed by atoms with Gasteiger partial charge < -0.3 is 63.6 Å². The number of rotatable bonds is 36. The van der Waals surface area contributed by atoms with Crippen LogP contribution in [0.5, 0.6) is 0 Å². The molecule has 6 atom stereocenters. The molecular weight excluding hydrogens is 987 g/mol. The van der Waals surface area contributed by atoms with E-state index in [1.165, 1.54) is 41.5 Å². The molecule has 0 aromatic carbocycles. The number of aliphatic hydroxyl groups excluding tert-OH is 1. The summed E-state index contributed by atoms with van der Waals surface area (Å²) < 4.78 is 0. The van der Waals surface area contributed by atoms with E-state index >= 15 is 0 Å². The van der Waals surface area contributed by atoms with Crippen molar-refractivity contribution in [2.24, 2.45) is 17.8 Å². The van der Waals surface area contributed by atoms with Gasteiger partial charge in [0.2, 0.25) is 53.2 Å². The van der Waals surface area contributed by atoms with Gasteiger partial charge in [-0.05, 0) is 111 Å². The molecule has 2 rings (SSSR count). The molecule has 442 valence electrons. The quantitative estimate of drug-likeness (QED) is 0.0404. The molecule has 0 unspecified atom stereocenters. The molecule has 1 heterocycles. The zero-order valence-corrected chi connectivity index (χ0v) is 49.1. The first kappa shape index (κ1) is 68.2. The van der Waals surface area contributed by atoms with Gasteiger partial charge in [0, 0.05) is 32.1 Å². The first-order chi connectivity index (χ1) is 36.1. The molecule has 0 radical (unpaired) electrons. The van der Waals surface area contributed by atoms with Crippen LogP contribution >= 0.6 is 0 Å². The van der Waals surface area contributed by atoms with Crippen molar-refractivity contribution in [3.05, 3.63) is 0 Å². The summed E-state index contributed by atoms with van der Waals surface area (Å²) in [6.07, 6.45) is 13.3. The predicted molar refractivity (Wildman–Crippen MR) is 299 cm³/mol. The first-order valence-corrected chi connectivity index (χ1v) is 28.9. The molecule has 2 fully saturated rings. The largest absolute Gasteiger partial charge is 0.395 e. The van der Waals surface area contributed by atoms with Gasteiger partial charge >= 0.3 is 0 Å². The summed E-state index contributed by atoms with van der Waals surface area (Å²) in [7, 11) is 0. The van der Waals surface area contributed by atoms with Crippen molar-refractivity contribution in [2.75, 3.05) is 32.8 Å². The standard InChI is InChI=1S/C56H103N11O10/c1-13-14-15-16-17-21-25-41(63-52(76)55(9,10)67-53(77)56(11,12)66-50(74)44(34-39-23-19-18-20-24-39)62-47(71)40-26-22-28-58-40)48(72)61-43(33-37(4)5)49(73)65-54(7,8)51(75)64-42(32-36(2)3)46(70)59-29-27-45(69)60-38(6)35-57-30-31-68/h36-44,57-58,68H,13-35H2,1-12H3,(H,59,70)(H,60,69)(H,61,72)(H,62,71)(H,63,76)(H,64,75)(H,65,73)(H,66,74)(H,67,77)/t38-,40-,41-,42-,43-,44-/m0/s1. The molecule has 77 heavy (non-hydrogen) atoms. The molecule has 1 aliphatic carbocycles. The van der Waals surface area contributed by atoms with Crippen LogP contribution in [0.3, 0.4) is 0 Å². The summed E-state index contributed by atoms with van der Waals surface area (Å²) in [5, 5.41) is 40.6. The van der Waals surface area contributed by atoms with Crippen molar-refractivity contribution in [3.8, 4) is 0 Å². The van der Waals surface area contributed by atoms with E-state index in [1.54, 1.807) is 0 Å². The normalized spacial score (nSPS) is 17.3. The van der Waals surface area contributed by atoms with E-state index in [-0.39, 0.29) is 80.5 Å². The molecule has 0 spiro atoms. The minimum atomic E-state index is -1.59. The number of nitrogens with one attached hydrogen (secondary N) is 11. The van der Waals surface area contributed by atoms with Crippen LogP contribution in [0.4, 0.5) is 0 Å². The Kier molecular flexibility index (Phi) is 30.3. The van der Waals surface area contributed by atoms with Gasteiger partial charge in [-0.15, -0.1) is 0 Å². The minimum Gasteiger partial charge on any atom is -0.395 e. The Morgan fingerprint density at radius 1 is 0.558 bits per heavy atom. The summed E-state index contributed by atoms with van der Waals surface area (Å²) in [6, 6.07) is -4.68. The van der Waals surface area contributed by atoms with E-state index < -0.39 is 82.1 Å². The molecule has 2 aliphatic rings. The Hall–Kier alpha value is -4.89. The van der Waals surface area contributed by atoms with Crippen LogP contribution < -0.4 is 58.5 Å². The lowest BCUT2D eigenvalue weighted by molar-refractivity contribution is -0.139. The zero-order valence-electron chi connectivity index (χ0n) is 49.1. The monoisotopic (exact) mass is 1090 g/mol. The maximum atomic E-state index is 14.4.